The summed E-state index contributed by atoms with van der Waals surface area (Å²) < 4.78 is 67.1. The van der Waals surface area contributed by atoms with Gasteiger partial charge in [0.15, 0.2) is 5.78 Å². The van der Waals surface area contributed by atoms with Crippen LogP contribution >= 0.6 is 11.6 Å². The van der Waals surface area contributed by atoms with Gasteiger partial charge >= 0.3 is 6.18 Å². The minimum absolute atomic E-state index is 0.139. The molecule has 2 heterocycles. The molecular formula is C19H16ClF3N4O3S. The third-order valence-corrected chi connectivity index (χ3v) is 6.06. The average molecular weight is 473 g/mol. The molecule has 0 fully saturated rings. The molecule has 2 aromatic rings. The maximum Gasteiger partial charge on any atom is 0.417 e. The number of hydrogen-bond donors (Lipinski definition) is 2. The van der Waals surface area contributed by atoms with Gasteiger partial charge in [0.05, 0.1) is 27.1 Å². The first-order chi connectivity index (χ1) is 14.4. The van der Waals surface area contributed by atoms with Gasteiger partial charge in [-0.2, -0.15) is 13.2 Å². The minimum Gasteiger partial charge on any atom is -0.384 e. The number of Topliss-reactive ketones (excluding diaryl/α,β-unsaturated/α-hetero) is 1. The van der Waals surface area contributed by atoms with E-state index in [1.54, 1.807) is 6.92 Å². The molecule has 1 aliphatic heterocycles. The largest absolute Gasteiger partial charge is 0.417 e. The van der Waals surface area contributed by atoms with Crippen molar-refractivity contribution in [1.29, 1.82) is 0 Å². The summed E-state index contributed by atoms with van der Waals surface area (Å²) in [5.74, 6) is -1.08. The van der Waals surface area contributed by atoms with Gasteiger partial charge < -0.3 is 5.73 Å². The smallest absolute Gasteiger partial charge is 0.384 e. The Morgan fingerprint density at radius 3 is 2.65 bits per heavy atom. The SMILES string of the molecule is Cc1cnc(C(=O)C2C=C(N)N=CC2)c(NS(=O)(=O)c2ccc(Cl)c(C(F)(F)F)c2)c1. The summed E-state index contributed by atoms with van der Waals surface area (Å²) in [7, 11) is -4.49. The van der Waals surface area contributed by atoms with E-state index in [9.17, 15) is 26.4 Å². The van der Waals surface area contributed by atoms with Crippen molar-refractivity contribution in [3.63, 3.8) is 0 Å². The van der Waals surface area contributed by atoms with Crippen LogP contribution in [-0.2, 0) is 16.2 Å². The molecule has 0 bridgehead atoms. The number of aromatic nitrogens is 1. The van der Waals surface area contributed by atoms with Crippen LogP contribution in [0.1, 0.15) is 28.0 Å². The Kier molecular flexibility index (Phi) is 6.10. The Balaban J connectivity index is 2.00. The first kappa shape index (κ1) is 22.8. The number of nitrogens with zero attached hydrogens (tertiary/aromatic N) is 2. The lowest BCUT2D eigenvalue weighted by Gasteiger charge is -2.17. The van der Waals surface area contributed by atoms with Gasteiger partial charge in [-0.1, -0.05) is 11.6 Å². The molecule has 1 atom stereocenters. The van der Waals surface area contributed by atoms with Gasteiger partial charge in [0.1, 0.15) is 11.5 Å². The number of nitrogens with two attached hydrogens (primary N) is 1. The Labute approximate surface area is 180 Å². The second-order valence-corrected chi connectivity index (χ2v) is 8.85. The number of rotatable bonds is 5. The number of pyridine rings is 1. The quantitative estimate of drug-likeness (QED) is 0.640. The zero-order valence-electron chi connectivity index (χ0n) is 15.9. The van der Waals surface area contributed by atoms with E-state index in [4.69, 9.17) is 17.3 Å². The second-order valence-electron chi connectivity index (χ2n) is 6.76. The van der Waals surface area contributed by atoms with E-state index >= 15 is 0 Å². The van der Waals surface area contributed by atoms with Crippen LogP contribution in [0.5, 0.6) is 0 Å². The maximum atomic E-state index is 13.1. The molecule has 12 heteroatoms. The Morgan fingerprint density at radius 1 is 1.29 bits per heavy atom. The number of alkyl halides is 3. The number of benzene rings is 1. The topological polar surface area (TPSA) is 115 Å². The summed E-state index contributed by atoms with van der Waals surface area (Å²) in [6.45, 7) is 1.62. The number of allylic oxidation sites excluding steroid dienone is 1. The lowest BCUT2D eigenvalue weighted by atomic mass is 9.95. The molecule has 1 aromatic carbocycles. The predicted octanol–water partition coefficient (Wildman–Crippen LogP) is 3.94. The normalized spacial score (nSPS) is 16.7. The van der Waals surface area contributed by atoms with E-state index in [2.05, 4.69) is 14.7 Å². The number of sulfonamides is 1. The van der Waals surface area contributed by atoms with Crippen LogP contribution in [-0.4, -0.2) is 25.4 Å². The van der Waals surface area contributed by atoms with E-state index in [-0.39, 0.29) is 23.6 Å². The molecule has 0 amide bonds. The molecule has 3 rings (SSSR count). The summed E-state index contributed by atoms with van der Waals surface area (Å²) in [4.78, 5) is 20.1. The third-order valence-electron chi connectivity index (χ3n) is 4.36. The molecule has 164 valence electrons. The fourth-order valence-electron chi connectivity index (χ4n) is 2.88. The molecule has 0 saturated heterocycles. The summed E-state index contributed by atoms with van der Waals surface area (Å²) in [5.41, 5.74) is 4.50. The number of aryl methyl sites for hydroxylation is 1. The Morgan fingerprint density at radius 2 is 2.00 bits per heavy atom. The average Bonchev–Trinajstić information content (AvgIpc) is 2.66. The van der Waals surface area contributed by atoms with Crippen molar-refractivity contribution in [2.45, 2.75) is 24.4 Å². The van der Waals surface area contributed by atoms with Gasteiger partial charge in [0.25, 0.3) is 10.0 Å². The number of halogens is 4. The van der Waals surface area contributed by atoms with Crippen LogP contribution in [0.25, 0.3) is 0 Å². The van der Waals surface area contributed by atoms with E-state index in [0.717, 1.165) is 12.1 Å². The fourth-order valence-corrected chi connectivity index (χ4v) is 4.19. The Bertz CT molecular complexity index is 1210. The highest BCUT2D eigenvalue weighted by Crippen LogP contribution is 2.36. The Hall–Kier alpha value is -2.92. The van der Waals surface area contributed by atoms with Gasteiger partial charge in [-0.25, -0.2) is 13.4 Å². The number of hydrogen-bond acceptors (Lipinski definition) is 6. The fraction of sp³-hybridized carbons (Fsp3) is 0.211. The van der Waals surface area contributed by atoms with E-state index in [1.165, 1.54) is 24.6 Å². The van der Waals surface area contributed by atoms with Gasteiger partial charge in [-0.05, 0) is 49.2 Å². The molecule has 1 aliphatic rings. The van der Waals surface area contributed by atoms with Crippen molar-refractivity contribution in [2.75, 3.05) is 4.72 Å². The number of nitrogens with one attached hydrogen (secondary N) is 1. The molecule has 1 aromatic heterocycles. The van der Waals surface area contributed by atoms with Gasteiger partial charge in [-0.15, -0.1) is 0 Å². The molecular weight excluding hydrogens is 457 g/mol. The van der Waals surface area contributed by atoms with Crippen molar-refractivity contribution >= 4 is 39.3 Å². The van der Waals surface area contributed by atoms with Crippen molar-refractivity contribution < 1.29 is 26.4 Å². The highest BCUT2D eigenvalue weighted by atomic mass is 35.5. The molecule has 0 saturated carbocycles. The number of carbonyl (C=O) groups is 1. The molecule has 0 aliphatic carbocycles. The molecule has 3 N–H and O–H groups in total. The monoisotopic (exact) mass is 472 g/mol. The van der Waals surface area contributed by atoms with E-state index in [1.807, 2.05) is 0 Å². The van der Waals surface area contributed by atoms with Crippen LogP contribution in [0, 0.1) is 12.8 Å². The van der Waals surface area contributed by atoms with Crippen molar-refractivity contribution in [2.24, 2.45) is 16.6 Å². The number of carbonyl (C=O) groups excluding carboxylic acids is 1. The maximum absolute atomic E-state index is 13.1. The van der Waals surface area contributed by atoms with Crippen LogP contribution in [0.3, 0.4) is 0 Å². The second kappa shape index (κ2) is 8.31. The first-order valence-corrected chi connectivity index (χ1v) is 10.6. The molecule has 7 nitrogen and oxygen atoms in total. The van der Waals surface area contributed by atoms with Crippen molar-refractivity contribution in [3.05, 3.63) is 64.2 Å². The summed E-state index contributed by atoms with van der Waals surface area (Å²) in [5, 5.41) is -0.636. The highest BCUT2D eigenvalue weighted by Gasteiger charge is 2.35. The molecule has 0 spiro atoms. The van der Waals surface area contributed by atoms with Crippen LogP contribution in [0.4, 0.5) is 18.9 Å². The van der Waals surface area contributed by atoms with Crippen LogP contribution < -0.4 is 10.5 Å². The van der Waals surface area contributed by atoms with Gasteiger partial charge in [-0.3, -0.25) is 14.5 Å². The molecule has 0 radical (unpaired) electrons. The summed E-state index contributed by atoms with van der Waals surface area (Å²) in [6.07, 6.45) is -0.338. The number of ketones is 1. The molecule has 31 heavy (non-hydrogen) atoms. The van der Waals surface area contributed by atoms with Crippen LogP contribution in [0.2, 0.25) is 5.02 Å². The van der Waals surface area contributed by atoms with Crippen LogP contribution in [0.15, 0.2) is 52.2 Å². The summed E-state index contributed by atoms with van der Waals surface area (Å²) in [6, 6.07) is 3.57. The number of anilines is 1. The minimum atomic E-state index is -4.84. The van der Waals surface area contributed by atoms with E-state index in [0.29, 0.717) is 11.6 Å². The number of aliphatic imine (C=N–C) groups is 1. The lowest BCUT2D eigenvalue weighted by Crippen LogP contribution is -2.22. The molecule has 1 unspecified atom stereocenters. The van der Waals surface area contributed by atoms with Gasteiger partial charge in [0.2, 0.25) is 0 Å². The van der Waals surface area contributed by atoms with E-state index < -0.39 is 43.4 Å². The zero-order chi connectivity index (χ0) is 23.0. The predicted molar refractivity (Wildman–Crippen MR) is 109 cm³/mol. The first-order valence-electron chi connectivity index (χ1n) is 8.79. The third kappa shape index (κ3) is 5.05. The lowest BCUT2D eigenvalue weighted by molar-refractivity contribution is -0.137. The zero-order valence-corrected chi connectivity index (χ0v) is 17.5. The van der Waals surface area contributed by atoms with Gasteiger partial charge in [0, 0.05) is 12.4 Å². The van der Waals surface area contributed by atoms with Crippen molar-refractivity contribution in [1.82, 2.24) is 4.98 Å². The van der Waals surface area contributed by atoms with Crippen molar-refractivity contribution in [3.8, 4) is 0 Å². The summed E-state index contributed by atoms with van der Waals surface area (Å²) >= 11 is 5.56. The standard InChI is InChI=1S/C19H16ClF3N4O3S/c1-10-6-15(17(26-9-10)18(28)11-4-5-25-16(24)7-11)27-31(29,30)12-2-3-14(20)13(8-12)19(21,22)23/h2-3,5-9,11,27H,4,24H2,1H3. The highest BCUT2D eigenvalue weighted by molar-refractivity contribution is 7.92.